The maximum absolute atomic E-state index is 13.0. The third-order valence-electron chi connectivity index (χ3n) is 4.85. The molecule has 162 valence electrons. The van der Waals surface area contributed by atoms with Gasteiger partial charge in [-0.3, -0.25) is 9.59 Å². The predicted molar refractivity (Wildman–Crippen MR) is 124 cm³/mol. The maximum Gasteiger partial charge on any atom is 0.272 e. The third kappa shape index (κ3) is 4.87. The molecular formula is C22H21Cl3N4O2. The van der Waals surface area contributed by atoms with Crippen molar-refractivity contribution >= 4 is 46.6 Å². The summed E-state index contributed by atoms with van der Waals surface area (Å²) in [6.07, 6.45) is 0. The normalized spacial score (nSPS) is 12.1. The molecule has 1 aromatic heterocycles. The maximum atomic E-state index is 13.0. The van der Waals surface area contributed by atoms with E-state index in [1.807, 2.05) is 12.1 Å². The molecule has 0 spiro atoms. The molecule has 6 nitrogen and oxygen atoms in total. The van der Waals surface area contributed by atoms with E-state index in [-0.39, 0.29) is 11.6 Å². The number of nitrogens with two attached hydrogens (primary N) is 1. The minimum atomic E-state index is -0.824. The number of halogens is 3. The average Bonchev–Trinajstić information content (AvgIpc) is 3.03. The molecule has 0 saturated carbocycles. The summed E-state index contributed by atoms with van der Waals surface area (Å²) in [6.45, 7) is 5.38. The number of hydrogen-bond acceptors (Lipinski definition) is 3. The van der Waals surface area contributed by atoms with Gasteiger partial charge in [-0.05, 0) is 43.2 Å². The van der Waals surface area contributed by atoms with E-state index in [1.54, 1.807) is 55.8 Å². The van der Waals surface area contributed by atoms with Gasteiger partial charge in [0.1, 0.15) is 6.04 Å². The van der Waals surface area contributed by atoms with E-state index in [0.717, 1.165) is 5.56 Å². The lowest BCUT2D eigenvalue weighted by Gasteiger charge is -2.18. The van der Waals surface area contributed by atoms with Gasteiger partial charge in [-0.15, -0.1) is 0 Å². The summed E-state index contributed by atoms with van der Waals surface area (Å²) in [4.78, 5) is 24.8. The highest BCUT2D eigenvalue weighted by Crippen LogP contribution is 2.33. The van der Waals surface area contributed by atoms with Gasteiger partial charge in [0.2, 0.25) is 5.91 Å². The molecule has 3 N–H and O–H groups in total. The summed E-state index contributed by atoms with van der Waals surface area (Å²) in [5.41, 5.74) is 8.21. The molecule has 2 amide bonds. The lowest BCUT2D eigenvalue weighted by Crippen LogP contribution is -2.47. The molecule has 0 saturated heterocycles. The summed E-state index contributed by atoms with van der Waals surface area (Å²) in [6, 6.07) is 11.3. The van der Waals surface area contributed by atoms with E-state index in [2.05, 4.69) is 10.4 Å². The Morgan fingerprint density at radius 1 is 1.03 bits per heavy atom. The molecule has 3 rings (SSSR count). The zero-order chi connectivity index (χ0) is 22.9. The second kappa shape index (κ2) is 9.30. The van der Waals surface area contributed by atoms with Crippen molar-refractivity contribution in [1.29, 1.82) is 0 Å². The van der Waals surface area contributed by atoms with Crippen molar-refractivity contribution in [3.63, 3.8) is 0 Å². The molecular weight excluding hydrogens is 459 g/mol. The summed E-state index contributed by atoms with van der Waals surface area (Å²) < 4.78 is 1.58. The van der Waals surface area contributed by atoms with Gasteiger partial charge in [0.15, 0.2) is 5.69 Å². The summed E-state index contributed by atoms with van der Waals surface area (Å²) in [5, 5.41) is 8.64. The first-order chi connectivity index (χ1) is 14.6. The molecule has 0 aliphatic carbocycles. The van der Waals surface area contributed by atoms with Crippen molar-refractivity contribution in [2.75, 3.05) is 0 Å². The smallest absolute Gasteiger partial charge is 0.272 e. The number of aromatic nitrogens is 2. The Balaban J connectivity index is 2.17. The fourth-order valence-electron chi connectivity index (χ4n) is 3.26. The highest BCUT2D eigenvalue weighted by atomic mass is 35.5. The fourth-order valence-corrected chi connectivity index (χ4v) is 3.88. The van der Waals surface area contributed by atoms with Crippen LogP contribution in [0.1, 0.15) is 29.9 Å². The van der Waals surface area contributed by atoms with Crippen molar-refractivity contribution in [2.24, 2.45) is 11.7 Å². The summed E-state index contributed by atoms with van der Waals surface area (Å²) in [5.74, 6) is -1.29. The number of carbonyl (C=O) groups excluding carboxylic acids is 2. The van der Waals surface area contributed by atoms with Gasteiger partial charge in [0.05, 0.1) is 16.4 Å². The Hall–Kier alpha value is -2.54. The van der Waals surface area contributed by atoms with Crippen LogP contribution in [0.2, 0.25) is 15.1 Å². The van der Waals surface area contributed by atoms with Crippen LogP contribution in [0.5, 0.6) is 0 Å². The van der Waals surface area contributed by atoms with Gasteiger partial charge in [-0.25, -0.2) is 4.68 Å². The molecule has 0 bridgehead atoms. The third-order valence-corrected chi connectivity index (χ3v) is 5.64. The zero-order valence-electron chi connectivity index (χ0n) is 17.1. The average molecular weight is 480 g/mol. The fraction of sp³-hybridized carbons (Fsp3) is 0.227. The van der Waals surface area contributed by atoms with Crippen molar-refractivity contribution in [2.45, 2.75) is 26.8 Å². The minimum Gasteiger partial charge on any atom is -0.368 e. The van der Waals surface area contributed by atoms with Crippen LogP contribution >= 0.6 is 34.8 Å². The predicted octanol–water partition coefficient (Wildman–Crippen LogP) is 5.05. The van der Waals surface area contributed by atoms with Crippen LogP contribution in [0.4, 0.5) is 0 Å². The Bertz CT molecular complexity index is 1140. The quantitative estimate of drug-likeness (QED) is 0.518. The molecule has 0 aliphatic heterocycles. The van der Waals surface area contributed by atoms with Crippen molar-refractivity contribution < 1.29 is 9.59 Å². The van der Waals surface area contributed by atoms with Gasteiger partial charge >= 0.3 is 0 Å². The Labute approximate surface area is 195 Å². The topological polar surface area (TPSA) is 90.0 Å². The van der Waals surface area contributed by atoms with E-state index in [0.29, 0.717) is 32.0 Å². The van der Waals surface area contributed by atoms with Gasteiger partial charge in [-0.1, -0.05) is 60.8 Å². The largest absolute Gasteiger partial charge is 0.368 e. The lowest BCUT2D eigenvalue weighted by atomic mass is 10.0. The number of rotatable bonds is 6. The highest BCUT2D eigenvalue weighted by molar-refractivity contribution is 6.35. The standard InChI is InChI=1S/C22H21Cl3N4O2/c1-11(2)18(21(26)30)27-22(31)19-12(3)20(13-4-6-14(23)7-5-13)29(28-19)17-9-8-15(24)10-16(17)25/h4-11,18H,1-3H3,(H2,26,30)(H,27,31)/t18-/m0/s1. The Kier molecular flexibility index (Phi) is 6.94. The molecule has 9 heteroatoms. The van der Waals surface area contributed by atoms with Crippen LogP contribution in [0.15, 0.2) is 42.5 Å². The first-order valence-electron chi connectivity index (χ1n) is 9.51. The Morgan fingerprint density at radius 3 is 2.19 bits per heavy atom. The SMILES string of the molecule is Cc1c(C(=O)N[C@H](C(N)=O)C(C)C)nn(-c2ccc(Cl)cc2Cl)c1-c1ccc(Cl)cc1. The lowest BCUT2D eigenvalue weighted by molar-refractivity contribution is -0.120. The van der Waals surface area contributed by atoms with E-state index >= 15 is 0 Å². The first-order valence-corrected chi connectivity index (χ1v) is 10.6. The van der Waals surface area contributed by atoms with Gasteiger partial charge in [0, 0.05) is 21.2 Å². The summed E-state index contributed by atoms with van der Waals surface area (Å²) in [7, 11) is 0. The van der Waals surface area contributed by atoms with E-state index in [1.165, 1.54) is 0 Å². The van der Waals surface area contributed by atoms with Gasteiger partial charge in [0.25, 0.3) is 5.91 Å². The number of benzene rings is 2. The van der Waals surface area contributed by atoms with Crippen molar-refractivity contribution in [3.8, 4) is 16.9 Å². The number of nitrogens with one attached hydrogen (secondary N) is 1. The number of primary amides is 1. The van der Waals surface area contributed by atoms with E-state index in [9.17, 15) is 9.59 Å². The van der Waals surface area contributed by atoms with Crippen LogP contribution in [-0.4, -0.2) is 27.6 Å². The van der Waals surface area contributed by atoms with Crippen LogP contribution in [-0.2, 0) is 4.79 Å². The number of nitrogens with zero attached hydrogens (tertiary/aromatic N) is 2. The van der Waals surface area contributed by atoms with Crippen LogP contribution in [0.3, 0.4) is 0 Å². The minimum absolute atomic E-state index is 0.155. The molecule has 1 atom stereocenters. The highest BCUT2D eigenvalue weighted by Gasteiger charge is 2.27. The molecule has 2 aromatic carbocycles. The molecule has 0 fully saturated rings. The molecule has 0 aliphatic rings. The number of carbonyl (C=O) groups is 2. The molecule has 0 unspecified atom stereocenters. The molecule has 3 aromatic rings. The second-order valence-corrected chi connectivity index (χ2v) is 8.71. The van der Waals surface area contributed by atoms with Crippen molar-refractivity contribution in [3.05, 3.63) is 68.8 Å². The zero-order valence-corrected chi connectivity index (χ0v) is 19.4. The van der Waals surface area contributed by atoms with Crippen LogP contribution < -0.4 is 11.1 Å². The number of amides is 2. The van der Waals surface area contributed by atoms with Gasteiger partial charge < -0.3 is 11.1 Å². The van der Waals surface area contributed by atoms with Crippen LogP contribution in [0.25, 0.3) is 16.9 Å². The van der Waals surface area contributed by atoms with E-state index < -0.39 is 17.9 Å². The van der Waals surface area contributed by atoms with E-state index in [4.69, 9.17) is 40.5 Å². The molecule has 31 heavy (non-hydrogen) atoms. The molecule has 1 heterocycles. The Morgan fingerprint density at radius 2 is 1.65 bits per heavy atom. The van der Waals surface area contributed by atoms with Crippen LogP contribution in [0, 0.1) is 12.8 Å². The number of hydrogen-bond donors (Lipinski definition) is 2. The summed E-state index contributed by atoms with van der Waals surface area (Å²) >= 11 is 18.5. The second-order valence-electron chi connectivity index (χ2n) is 7.43. The van der Waals surface area contributed by atoms with Crippen molar-refractivity contribution in [1.82, 2.24) is 15.1 Å². The monoisotopic (exact) mass is 478 g/mol. The van der Waals surface area contributed by atoms with Gasteiger partial charge in [-0.2, -0.15) is 5.10 Å². The first kappa shape index (κ1) is 23.1. The molecule has 0 radical (unpaired) electrons.